The highest BCUT2D eigenvalue weighted by Crippen LogP contribution is 2.39. The number of amides is 2. The number of carbonyl (C=O) groups excluding carboxylic acids is 2. The van der Waals surface area contributed by atoms with Crippen molar-refractivity contribution in [2.75, 3.05) is 7.11 Å². The summed E-state index contributed by atoms with van der Waals surface area (Å²) in [5, 5.41) is -0.0609. The third-order valence-corrected chi connectivity index (χ3v) is 5.38. The van der Waals surface area contributed by atoms with Crippen LogP contribution in [-0.4, -0.2) is 29.2 Å². The lowest BCUT2D eigenvalue weighted by Gasteiger charge is -2.16. The largest absolute Gasteiger partial charge is 0.493 e. The van der Waals surface area contributed by atoms with Gasteiger partial charge in [0.05, 0.1) is 17.0 Å². The Balaban J connectivity index is 1.86. The zero-order valence-electron chi connectivity index (χ0n) is 16.1. The third kappa shape index (κ3) is 4.57. The average Bonchev–Trinajstić information content (AvgIpc) is 2.95. The molecule has 0 radical (unpaired) electrons. The maximum Gasteiger partial charge on any atom is 0.293 e. The molecule has 1 aliphatic heterocycles. The van der Waals surface area contributed by atoms with Gasteiger partial charge in [-0.3, -0.25) is 14.5 Å². The van der Waals surface area contributed by atoms with Crippen molar-refractivity contribution in [3.05, 3.63) is 63.3 Å². The molecule has 0 N–H and O–H groups in total. The van der Waals surface area contributed by atoms with E-state index in [0.717, 1.165) is 11.8 Å². The van der Waals surface area contributed by atoms with Crippen molar-refractivity contribution in [1.82, 2.24) is 4.90 Å². The van der Waals surface area contributed by atoms with Crippen molar-refractivity contribution in [3.63, 3.8) is 0 Å². The van der Waals surface area contributed by atoms with E-state index in [9.17, 15) is 14.0 Å². The minimum atomic E-state index is -0.375. The van der Waals surface area contributed by atoms with Crippen LogP contribution in [0.1, 0.15) is 25.0 Å². The molecule has 0 bridgehead atoms. The Morgan fingerprint density at radius 1 is 1.24 bits per heavy atom. The van der Waals surface area contributed by atoms with Gasteiger partial charge in [-0.1, -0.05) is 29.8 Å². The van der Waals surface area contributed by atoms with Crippen molar-refractivity contribution in [2.24, 2.45) is 0 Å². The number of halogens is 2. The van der Waals surface area contributed by atoms with Gasteiger partial charge in [0.25, 0.3) is 11.1 Å². The number of ether oxygens (including phenoxy) is 2. The van der Waals surface area contributed by atoms with Gasteiger partial charge >= 0.3 is 0 Å². The van der Waals surface area contributed by atoms with Gasteiger partial charge in [0, 0.05) is 11.6 Å². The highest BCUT2D eigenvalue weighted by Gasteiger charge is 2.36. The lowest BCUT2D eigenvalue weighted by atomic mass is 10.1. The molecule has 0 unspecified atom stereocenters. The van der Waals surface area contributed by atoms with Crippen molar-refractivity contribution >= 4 is 40.6 Å². The maximum atomic E-state index is 13.8. The van der Waals surface area contributed by atoms with Crippen LogP contribution in [0.25, 0.3) is 6.08 Å². The summed E-state index contributed by atoms with van der Waals surface area (Å²) < 4.78 is 24.8. The Morgan fingerprint density at radius 3 is 2.59 bits per heavy atom. The number of hydrogen-bond acceptors (Lipinski definition) is 5. The molecule has 2 aromatic carbocycles. The first-order valence-corrected chi connectivity index (χ1v) is 10.0. The minimum Gasteiger partial charge on any atom is -0.493 e. The number of benzene rings is 2. The molecule has 1 heterocycles. The van der Waals surface area contributed by atoms with E-state index in [2.05, 4.69) is 0 Å². The maximum absolute atomic E-state index is 13.8. The number of thioether (sulfide) groups is 1. The van der Waals surface area contributed by atoms with E-state index < -0.39 is 0 Å². The van der Waals surface area contributed by atoms with Gasteiger partial charge in [-0.25, -0.2) is 4.39 Å². The molecule has 152 valence electrons. The summed E-state index contributed by atoms with van der Waals surface area (Å²) in [4.78, 5) is 26.0. The topological polar surface area (TPSA) is 55.8 Å². The molecule has 5 nitrogen and oxygen atoms in total. The lowest BCUT2D eigenvalue weighted by Crippen LogP contribution is -2.34. The monoisotopic (exact) mass is 435 g/mol. The predicted octanol–water partition coefficient (Wildman–Crippen LogP) is 5.51. The molecular formula is C21H19ClFNO4S. The fourth-order valence-electron chi connectivity index (χ4n) is 2.80. The van der Waals surface area contributed by atoms with Gasteiger partial charge in [0.2, 0.25) is 0 Å². The van der Waals surface area contributed by atoms with Crippen LogP contribution in [0.2, 0.25) is 5.02 Å². The van der Waals surface area contributed by atoms with Crippen LogP contribution in [0.15, 0.2) is 41.3 Å². The van der Waals surface area contributed by atoms with Gasteiger partial charge in [0.1, 0.15) is 12.4 Å². The molecule has 0 spiro atoms. The Morgan fingerprint density at radius 2 is 1.97 bits per heavy atom. The van der Waals surface area contributed by atoms with E-state index in [-0.39, 0.29) is 40.4 Å². The summed E-state index contributed by atoms with van der Waals surface area (Å²) in [5.41, 5.74) is 0.969. The second-order valence-electron chi connectivity index (χ2n) is 6.56. The molecule has 1 fully saturated rings. The van der Waals surface area contributed by atoms with Crippen molar-refractivity contribution in [2.45, 2.75) is 26.5 Å². The molecule has 3 rings (SSSR count). The smallest absolute Gasteiger partial charge is 0.293 e. The molecule has 1 saturated heterocycles. The fraction of sp³-hybridized carbons (Fsp3) is 0.238. The number of hydrogen-bond donors (Lipinski definition) is 0. The molecule has 2 aromatic rings. The van der Waals surface area contributed by atoms with E-state index in [1.165, 1.54) is 18.1 Å². The Hall–Kier alpha value is -2.51. The number of methoxy groups -OCH3 is 1. The Kier molecular flexibility index (Phi) is 6.49. The molecule has 29 heavy (non-hydrogen) atoms. The summed E-state index contributed by atoms with van der Waals surface area (Å²) in [6.45, 7) is 3.54. The summed E-state index contributed by atoms with van der Waals surface area (Å²) in [6, 6.07) is 9.31. The SMILES string of the molecule is COc1cc(/C=C2/SC(=O)N(C(C)C)C2=O)cc(Cl)c1OCc1ccccc1F. The van der Waals surface area contributed by atoms with Crippen LogP contribution in [-0.2, 0) is 11.4 Å². The van der Waals surface area contributed by atoms with Crippen molar-refractivity contribution in [3.8, 4) is 11.5 Å². The van der Waals surface area contributed by atoms with Crippen LogP contribution >= 0.6 is 23.4 Å². The number of rotatable bonds is 6. The van der Waals surface area contributed by atoms with Gasteiger partial charge in [-0.2, -0.15) is 0 Å². The normalized spacial score (nSPS) is 15.5. The van der Waals surface area contributed by atoms with E-state index in [1.54, 1.807) is 50.3 Å². The van der Waals surface area contributed by atoms with Crippen molar-refractivity contribution in [1.29, 1.82) is 0 Å². The van der Waals surface area contributed by atoms with Gasteiger partial charge in [-0.05, 0) is 55.4 Å². The minimum absolute atomic E-state index is 0.0185. The molecule has 8 heteroatoms. The zero-order valence-corrected chi connectivity index (χ0v) is 17.6. The lowest BCUT2D eigenvalue weighted by molar-refractivity contribution is -0.123. The molecule has 0 atom stereocenters. The summed E-state index contributed by atoms with van der Waals surface area (Å²) in [7, 11) is 1.46. The molecule has 0 aliphatic carbocycles. The summed E-state index contributed by atoms with van der Waals surface area (Å²) in [6.07, 6.45) is 1.59. The number of carbonyl (C=O) groups is 2. The van der Waals surface area contributed by atoms with E-state index in [1.807, 2.05) is 0 Å². The number of nitrogens with zero attached hydrogens (tertiary/aromatic N) is 1. The molecule has 2 amide bonds. The molecule has 0 saturated carbocycles. The van der Waals surface area contributed by atoms with Gasteiger partial charge < -0.3 is 9.47 Å². The Labute approximate surface area is 177 Å². The second kappa shape index (κ2) is 8.88. The first kappa shape index (κ1) is 21.2. The van der Waals surface area contributed by atoms with Gasteiger partial charge in [0.15, 0.2) is 11.5 Å². The Bertz CT molecular complexity index is 993. The summed E-state index contributed by atoms with van der Waals surface area (Å²) in [5.74, 6) is -0.113. The molecule has 0 aromatic heterocycles. The standard InChI is InChI=1S/C21H19ClFNO4S/c1-12(2)24-20(25)18(29-21(24)26)10-13-8-15(22)19(17(9-13)27-3)28-11-14-6-4-5-7-16(14)23/h4-10,12H,11H2,1-3H3/b18-10+. The van der Waals surface area contributed by atoms with Crippen LogP contribution in [0, 0.1) is 5.82 Å². The van der Waals surface area contributed by atoms with Crippen LogP contribution < -0.4 is 9.47 Å². The highest BCUT2D eigenvalue weighted by molar-refractivity contribution is 8.18. The van der Waals surface area contributed by atoms with E-state index >= 15 is 0 Å². The van der Waals surface area contributed by atoms with E-state index in [0.29, 0.717) is 21.8 Å². The second-order valence-corrected chi connectivity index (χ2v) is 7.96. The van der Waals surface area contributed by atoms with Gasteiger partial charge in [-0.15, -0.1) is 0 Å². The van der Waals surface area contributed by atoms with E-state index in [4.69, 9.17) is 21.1 Å². The van der Waals surface area contributed by atoms with Crippen LogP contribution in [0.4, 0.5) is 9.18 Å². The van der Waals surface area contributed by atoms with Crippen LogP contribution in [0.5, 0.6) is 11.5 Å². The predicted molar refractivity (Wildman–Crippen MR) is 112 cm³/mol. The zero-order chi connectivity index (χ0) is 21.1. The summed E-state index contributed by atoms with van der Waals surface area (Å²) >= 11 is 7.23. The number of imide groups is 1. The average molecular weight is 436 g/mol. The molecule has 1 aliphatic rings. The van der Waals surface area contributed by atoms with Crippen molar-refractivity contribution < 1.29 is 23.5 Å². The van der Waals surface area contributed by atoms with Crippen LogP contribution in [0.3, 0.4) is 0 Å². The fourth-order valence-corrected chi connectivity index (χ4v) is 4.04. The third-order valence-electron chi connectivity index (χ3n) is 4.22. The quantitative estimate of drug-likeness (QED) is 0.560. The highest BCUT2D eigenvalue weighted by atomic mass is 35.5. The molecular weight excluding hydrogens is 417 g/mol. The first-order chi connectivity index (χ1) is 13.8. The first-order valence-electron chi connectivity index (χ1n) is 8.82.